The van der Waals surface area contributed by atoms with Gasteiger partial charge in [0.1, 0.15) is 11.6 Å². The number of benzene rings is 1. The van der Waals surface area contributed by atoms with E-state index in [9.17, 15) is 4.39 Å². The first-order chi connectivity index (χ1) is 8.65. The van der Waals surface area contributed by atoms with Crippen LogP contribution in [0, 0.1) is 12.7 Å². The molecule has 1 atom stereocenters. The molecule has 1 N–H and O–H groups in total. The van der Waals surface area contributed by atoms with Crippen LogP contribution in [0.4, 0.5) is 4.39 Å². The SMILES string of the molecule is CNC(c1csc(C)c1)c1ccc(OC)cc1F. The minimum Gasteiger partial charge on any atom is -0.497 e. The molecule has 2 aromatic rings. The van der Waals surface area contributed by atoms with E-state index < -0.39 is 0 Å². The lowest BCUT2D eigenvalue weighted by atomic mass is 10.0. The van der Waals surface area contributed by atoms with Gasteiger partial charge in [0.2, 0.25) is 0 Å². The van der Waals surface area contributed by atoms with E-state index in [4.69, 9.17) is 4.74 Å². The molecule has 4 heteroatoms. The average Bonchev–Trinajstić information content (AvgIpc) is 2.78. The molecule has 0 spiro atoms. The Morgan fingerprint density at radius 1 is 1.33 bits per heavy atom. The Bertz CT molecular complexity index is 538. The molecule has 0 aliphatic heterocycles. The lowest BCUT2D eigenvalue weighted by Gasteiger charge is -2.16. The van der Waals surface area contributed by atoms with Crippen LogP contribution in [0.15, 0.2) is 29.6 Å². The lowest BCUT2D eigenvalue weighted by molar-refractivity contribution is 0.410. The van der Waals surface area contributed by atoms with Crippen LogP contribution in [0.5, 0.6) is 5.75 Å². The van der Waals surface area contributed by atoms with E-state index >= 15 is 0 Å². The molecule has 1 aromatic carbocycles. The van der Waals surface area contributed by atoms with Crippen LogP contribution >= 0.6 is 11.3 Å². The number of methoxy groups -OCH3 is 1. The Balaban J connectivity index is 2.39. The number of thiophene rings is 1. The van der Waals surface area contributed by atoms with Crippen LogP contribution in [0.3, 0.4) is 0 Å². The van der Waals surface area contributed by atoms with E-state index in [0.29, 0.717) is 11.3 Å². The summed E-state index contributed by atoms with van der Waals surface area (Å²) in [5.41, 5.74) is 1.72. The Labute approximate surface area is 110 Å². The number of aryl methyl sites for hydroxylation is 1. The van der Waals surface area contributed by atoms with Gasteiger partial charge < -0.3 is 10.1 Å². The van der Waals surface area contributed by atoms with Crippen molar-refractivity contribution in [1.29, 1.82) is 0 Å². The van der Waals surface area contributed by atoms with Crippen molar-refractivity contribution in [3.05, 3.63) is 51.5 Å². The maximum Gasteiger partial charge on any atom is 0.132 e. The van der Waals surface area contributed by atoms with Gasteiger partial charge in [-0.2, -0.15) is 0 Å². The normalized spacial score (nSPS) is 12.4. The maximum absolute atomic E-state index is 14.1. The predicted octanol–water partition coefficient (Wildman–Crippen LogP) is 3.51. The first-order valence-electron chi connectivity index (χ1n) is 5.71. The molecule has 2 rings (SSSR count). The van der Waals surface area contributed by atoms with Crippen LogP contribution in [-0.2, 0) is 0 Å². The summed E-state index contributed by atoms with van der Waals surface area (Å²) in [5, 5.41) is 5.21. The third-order valence-electron chi connectivity index (χ3n) is 2.89. The van der Waals surface area contributed by atoms with E-state index in [1.54, 1.807) is 23.5 Å². The largest absolute Gasteiger partial charge is 0.497 e. The second-order valence-electron chi connectivity index (χ2n) is 4.10. The zero-order valence-corrected chi connectivity index (χ0v) is 11.5. The molecule has 1 heterocycles. The number of hydrogen-bond acceptors (Lipinski definition) is 3. The second kappa shape index (κ2) is 5.50. The van der Waals surface area contributed by atoms with E-state index in [2.05, 4.69) is 16.8 Å². The van der Waals surface area contributed by atoms with E-state index in [0.717, 1.165) is 5.56 Å². The maximum atomic E-state index is 14.1. The summed E-state index contributed by atoms with van der Waals surface area (Å²) >= 11 is 1.67. The number of halogens is 1. The monoisotopic (exact) mass is 265 g/mol. The lowest BCUT2D eigenvalue weighted by Crippen LogP contribution is -2.18. The van der Waals surface area contributed by atoms with Crippen molar-refractivity contribution in [2.75, 3.05) is 14.2 Å². The minimum absolute atomic E-state index is 0.124. The number of nitrogens with one attached hydrogen (secondary N) is 1. The molecule has 0 saturated carbocycles. The van der Waals surface area contributed by atoms with Gasteiger partial charge >= 0.3 is 0 Å². The molecule has 1 unspecified atom stereocenters. The summed E-state index contributed by atoms with van der Waals surface area (Å²) < 4.78 is 19.1. The molecule has 0 saturated heterocycles. The molecule has 0 amide bonds. The van der Waals surface area contributed by atoms with Crippen LogP contribution < -0.4 is 10.1 Å². The van der Waals surface area contributed by atoms with Crippen molar-refractivity contribution in [1.82, 2.24) is 5.32 Å². The summed E-state index contributed by atoms with van der Waals surface area (Å²) in [6.07, 6.45) is 0. The molecule has 18 heavy (non-hydrogen) atoms. The molecule has 0 fully saturated rings. The fourth-order valence-electron chi connectivity index (χ4n) is 1.99. The number of ether oxygens (including phenoxy) is 1. The smallest absolute Gasteiger partial charge is 0.132 e. The summed E-state index contributed by atoms with van der Waals surface area (Å²) in [6, 6.07) is 6.92. The Morgan fingerprint density at radius 3 is 2.61 bits per heavy atom. The topological polar surface area (TPSA) is 21.3 Å². The third kappa shape index (κ3) is 2.54. The van der Waals surface area contributed by atoms with Crippen LogP contribution in [0.2, 0.25) is 0 Å². The molecule has 0 aliphatic rings. The first-order valence-corrected chi connectivity index (χ1v) is 6.59. The Morgan fingerprint density at radius 2 is 2.11 bits per heavy atom. The van der Waals surface area contributed by atoms with Crippen molar-refractivity contribution in [3.63, 3.8) is 0 Å². The zero-order chi connectivity index (χ0) is 13.1. The number of hydrogen-bond donors (Lipinski definition) is 1. The molecule has 0 aliphatic carbocycles. The fourth-order valence-corrected chi connectivity index (χ4v) is 2.72. The molecule has 2 nitrogen and oxygen atoms in total. The highest BCUT2D eigenvalue weighted by Gasteiger charge is 2.17. The molecule has 0 radical (unpaired) electrons. The van der Waals surface area contributed by atoms with E-state index in [1.165, 1.54) is 18.1 Å². The Kier molecular flexibility index (Phi) is 3.99. The summed E-state index contributed by atoms with van der Waals surface area (Å²) in [6.45, 7) is 2.05. The predicted molar refractivity (Wildman–Crippen MR) is 72.9 cm³/mol. The van der Waals surface area contributed by atoms with Crippen LogP contribution in [-0.4, -0.2) is 14.2 Å². The van der Waals surface area contributed by atoms with E-state index in [1.807, 2.05) is 14.0 Å². The van der Waals surface area contributed by atoms with Crippen LogP contribution in [0.25, 0.3) is 0 Å². The highest BCUT2D eigenvalue weighted by Crippen LogP contribution is 2.29. The standard InChI is InChI=1S/C14H16FNOS/c1-9-6-10(8-18-9)14(16-2)12-5-4-11(17-3)7-13(12)15/h4-8,14,16H,1-3H3. The average molecular weight is 265 g/mol. The first kappa shape index (κ1) is 13.1. The van der Waals surface area contributed by atoms with Crippen molar-refractivity contribution < 1.29 is 9.13 Å². The highest BCUT2D eigenvalue weighted by molar-refractivity contribution is 7.10. The Hall–Kier alpha value is -1.39. The van der Waals surface area contributed by atoms with Gasteiger partial charge in [-0.05, 0) is 37.0 Å². The number of rotatable bonds is 4. The van der Waals surface area contributed by atoms with Gasteiger partial charge in [-0.3, -0.25) is 0 Å². The van der Waals surface area contributed by atoms with Gasteiger partial charge in [0, 0.05) is 16.5 Å². The zero-order valence-electron chi connectivity index (χ0n) is 10.7. The van der Waals surface area contributed by atoms with Gasteiger partial charge in [-0.15, -0.1) is 11.3 Å². The summed E-state index contributed by atoms with van der Waals surface area (Å²) in [4.78, 5) is 1.22. The minimum atomic E-state index is -0.252. The third-order valence-corrected chi connectivity index (χ3v) is 3.77. The van der Waals surface area contributed by atoms with Gasteiger partial charge in [0.25, 0.3) is 0 Å². The molecular formula is C14H16FNOS. The van der Waals surface area contributed by atoms with Crippen molar-refractivity contribution in [2.24, 2.45) is 0 Å². The molecule has 1 aromatic heterocycles. The van der Waals surface area contributed by atoms with E-state index in [-0.39, 0.29) is 11.9 Å². The summed E-state index contributed by atoms with van der Waals surface area (Å²) in [7, 11) is 3.37. The van der Waals surface area contributed by atoms with Crippen molar-refractivity contribution >= 4 is 11.3 Å². The van der Waals surface area contributed by atoms with Gasteiger partial charge in [-0.1, -0.05) is 6.07 Å². The van der Waals surface area contributed by atoms with Gasteiger partial charge in [0.15, 0.2) is 0 Å². The van der Waals surface area contributed by atoms with Gasteiger partial charge in [-0.25, -0.2) is 4.39 Å². The molecule has 96 valence electrons. The van der Waals surface area contributed by atoms with Gasteiger partial charge in [0.05, 0.1) is 13.2 Å². The highest BCUT2D eigenvalue weighted by atomic mass is 32.1. The second-order valence-corrected chi connectivity index (χ2v) is 5.22. The van der Waals surface area contributed by atoms with Crippen molar-refractivity contribution in [3.8, 4) is 5.75 Å². The fraction of sp³-hybridized carbons (Fsp3) is 0.286. The molecule has 0 bridgehead atoms. The summed E-state index contributed by atoms with van der Waals surface area (Å²) in [5.74, 6) is 0.283. The van der Waals surface area contributed by atoms with Crippen LogP contribution in [0.1, 0.15) is 22.0 Å². The van der Waals surface area contributed by atoms with Crippen molar-refractivity contribution in [2.45, 2.75) is 13.0 Å². The quantitative estimate of drug-likeness (QED) is 0.913. The molecular weight excluding hydrogens is 249 g/mol.